The molecular formula is C22H22O2. The van der Waals surface area contributed by atoms with Crippen LogP contribution in [0.1, 0.15) is 47.2 Å². The molecule has 0 aromatic heterocycles. The zero-order valence-corrected chi connectivity index (χ0v) is 15.2. The fourth-order valence-corrected chi connectivity index (χ4v) is 4.82. The summed E-state index contributed by atoms with van der Waals surface area (Å²) >= 11 is 0. The molecule has 0 atom stereocenters. The number of fused-ring (bicyclic) bond motifs is 5. The van der Waals surface area contributed by atoms with Crippen LogP contribution in [-0.4, -0.2) is 11.6 Å². The first kappa shape index (κ1) is 15.3. The van der Waals surface area contributed by atoms with Gasteiger partial charge in [-0.1, -0.05) is 0 Å². The SMILES string of the molecule is CC1=c2c(C)c(C)c3c4c(c(C)c(C)c3c2CC1=O)=C(C)C(=O)C4. The lowest BCUT2D eigenvalue weighted by Crippen LogP contribution is -2.19. The second-order valence-corrected chi connectivity index (χ2v) is 7.41. The highest BCUT2D eigenvalue weighted by Crippen LogP contribution is 2.34. The van der Waals surface area contributed by atoms with Crippen molar-refractivity contribution < 1.29 is 9.59 Å². The number of carbonyl (C=O) groups is 2. The summed E-state index contributed by atoms with van der Waals surface area (Å²) < 4.78 is 0. The van der Waals surface area contributed by atoms with Crippen LogP contribution >= 0.6 is 0 Å². The number of rotatable bonds is 0. The maximum absolute atomic E-state index is 12.4. The van der Waals surface area contributed by atoms with E-state index >= 15 is 0 Å². The Kier molecular flexibility index (Phi) is 2.97. The van der Waals surface area contributed by atoms with Crippen LogP contribution in [0.4, 0.5) is 0 Å². The molecule has 2 aromatic rings. The van der Waals surface area contributed by atoms with E-state index in [0.717, 1.165) is 21.6 Å². The lowest BCUT2D eigenvalue weighted by atomic mass is 9.85. The molecule has 0 saturated heterocycles. The van der Waals surface area contributed by atoms with E-state index in [2.05, 4.69) is 27.7 Å². The number of hydrogen-bond acceptors (Lipinski definition) is 2. The van der Waals surface area contributed by atoms with Crippen LogP contribution in [0.3, 0.4) is 0 Å². The van der Waals surface area contributed by atoms with Crippen molar-refractivity contribution in [2.45, 2.75) is 54.4 Å². The maximum atomic E-state index is 12.4. The van der Waals surface area contributed by atoms with Gasteiger partial charge in [0.25, 0.3) is 0 Å². The molecule has 2 aliphatic carbocycles. The van der Waals surface area contributed by atoms with Crippen LogP contribution in [0.2, 0.25) is 0 Å². The Morgan fingerprint density at radius 1 is 0.542 bits per heavy atom. The summed E-state index contributed by atoms with van der Waals surface area (Å²) in [5.74, 6) is 0.466. The van der Waals surface area contributed by atoms with Crippen molar-refractivity contribution in [1.82, 2.24) is 0 Å². The Morgan fingerprint density at radius 3 is 1.21 bits per heavy atom. The first-order chi connectivity index (χ1) is 11.3. The van der Waals surface area contributed by atoms with E-state index in [1.54, 1.807) is 0 Å². The highest BCUT2D eigenvalue weighted by Gasteiger charge is 2.29. The molecule has 2 heteroatoms. The molecule has 0 amide bonds. The van der Waals surface area contributed by atoms with Crippen molar-refractivity contribution in [3.05, 3.63) is 43.8 Å². The molecule has 0 radical (unpaired) electrons. The van der Waals surface area contributed by atoms with Crippen molar-refractivity contribution in [2.24, 2.45) is 0 Å². The zero-order valence-electron chi connectivity index (χ0n) is 15.2. The van der Waals surface area contributed by atoms with E-state index in [1.165, 1.54) is 44.2 Å². The van der Waals surface area contributed by atoms with E-state index in [-0.39, 0.29) is 11.6 Å². The van der Waals surface area contributed by atoms with Crippen LogP contribution in [0.5, 0.6) is 0 Å². The average Bonchev–Trinajstić information content (AvgIpc) is 2.99. The average molecular weight is 318 g/mol. The largest absolute Gasteiger partial charge is 0.294 e. The van der Waals surface area contributed by atoms with Gasteiger partial charge in [-0.15, -0.1) is 0 Å². The van der Waals surface area contributed by atoms with E-state index in [0.29, 0.717) is 12.8 Å². The minimum atomic E-state index is 0.233. The molecule has 122 valence electrons. The normalized spacial score (nSPS) is 16.4. The summed E-state index contributed by atoms with van der Waals surface area (Å²) in [7, 11) is 0. The number of hydrogen-bond donors (Lipinski definition) is 0. The Bertz CT molecular complexity index is 1040. The van der Waals surface area contributed by atoms with Crippen molar-refractivity contribution in [1.29, 1.82) is 0 Å². The molecule has 0 saturated carbocycles. The van der Waals surface area contributed by atoms with Gasteiger partial charge in [-0.2, -0.15) is 0 Å². The van der Waals surface area contributed by atoms with Gasteiger partial charge in [-0.25, -0.2) is 0 Å². The molecule has 2 aromatic carbocycles. The Morgan fingerprint density at radius 2 is 0.875 bits per heavy atom. The summed E-state index contributed by atoms with van der Waals surface area (Å²) in [5, 5.41) is 4.74. The van der Waals surface area contributed by atoms with Gasteiger partial charge in [-0.3, -0.25) is 9.59 Å². The van der Waals surface area contributed by atoms with Gasteiger partial charge in [0.2, 0.25) is 0 Å². The number of ketones is 2. The quantitative estimate of drug-likeness (QED) is 0.748. The molecule has 0 N–H and O–H groups in total. The molecule has 0 aliphatic heterocycles. The molecular weight excluding hydrogens is 296 g/mol. The summed E-state index contributed by atoms with van der Waals surface area (Å²) in [4.78, 5) is 24.8. The van der Waals surface area contributed by atoms with Crippen LogP contribution in [-0.2, 0) is 22.4 Å². The minimum absolute atomic E-state index is 0.233. The highest BCUT2D eigenvalue weighted by molar-refractivity contribution is 6.22. The second kappa shape index (κ2) is 4.66. The number of benzene rings is 2. The highest BCUT2D eigenvalue weighted by atomic mass is 16.1. The van der Waals surface area contributed by atoms with Crippen molar-refractivity contribution in [2.75, 3.05) is 0 Å². The molecule has 0 heterocycles. The summed E-state index contributed by atoms with van der Waals surface area (Å²) in [6.07, 6.45) is 0.989. The Balaban J connectivity index is 2.38. The molecule has 0 spiro atoms. The molecule has 24 heavy (non-hydrogen) atoms. The monoisotopic (exact) mass is 318 g/mol. The minimum Gasteiger partial charge on any atom is -0.294 e. The first-order valence-electron chi connectivity index (χ1n) is 8.57. The van der Waals surface area contributed by atoms with Crippen molar-refractivity contribution in [3.8, 4) is 0 Å². The third-order valence-electron chi connectivity index (χ3n) is 6.34. The van der Waals surface area contributed by atoms with Gasteiger partial charge in [0.1, 0.15) is 0 Å². The topological polar surface area (TPSA) is 34.1 Å². The number of carbonyl (C=O) groups excluding carboxylic acids is 2. The van der Waals surface area contributed by atoms with Gasteiger partial charge in [0, 0.05) is 24.0 Å². The maximum Gasteiger partial charge on any atom is 0.163 e. The van der Waals surface area contributed by atoms with Gasteiger partial charge in [0.15, 0.2) is 11.6 Å². The summed E-state index contributed by atoms with van der Waals surface area (Å²) in [5.41, 5.74) is 8.98. The third kappa shape index (κ3) is 1.61. The molecule has 0 fully saturated rings. The number of Topliss-reactive ketones (excluding diaryl/α,β-unsaturated/α-hetero) is 2. The van der Waals surface area contributed by atoms with Crippen molar-refractivity contribution >= 4 is 33.5 Å². The van der Waals surface area contributed by atoms with Crippen LogP contribution in [0, 0.1) is 27.7 Å². The van der Waals surface area contributed by atoms with E-state index in [4.69, 9.17) is 0 Å². The Hall–Kier alpha value is -2.22. The fraction of sp³-hybridized carbons (Fsp3) is 0.364. The lowest BCUT2D eigenvalue weighted by Gasteiger charge is -2.18. The third-order valence-corrected chi connectivity index (χ3v) is 6.34. The molecule has 0 unspecified atom stereocenters. The zero-order chi connectivity index (χ0) is 17.5. The van der Waals surface area contributed by atoms with E-state index in [1.807, 2.05) is 13.8 Å². The predicted molar refractivity (Wildman–Crippen MR) is 97.7 cm³/mol. The fourth-order valence-electron chi connectivity index (χ4n) is 4.82. The van der Waals surface area contributed by atoms with Gasteiger partial charge >= 0.3 is 0 Å². The van der Waals surface area contributed by atoms with E-state index < -0.39 is 0 Å². The summed E-state index contributed by atoms with van der Waals surface area (Å²) in [6.45, 7) is 12.4. The second-order valence-electron chi connectivity index (χ2n) is 7.41. The van der Waals surface area contributed by atoms with E-state index in [9.17, 15) is 9.59 Å². The molecule has 2 aliphatic rings. The van der Waals surface area contributed by atoms with Gasteiger partial charge in [-0.05, 0) is 96.1 Å². The smallest absolute Gasteiger partial charge is 0.163 e. The standard InChI is InChI=1S/C22H22O2/c1-9-11(3)21-16-8-18(24)14(6)20(16)10(2)12(4)22(21)15-7-17(23)13(5)19(9)15/h7-8H2,1-6H3. The van der Waals surface area contributed by atoms with Crippen LogP contribution < -0.4 is 10.4 Å². The molecule has 0 bridgehead atoms. The summed E-state index contributed by atoms with van der Waals surface area (Å²) in [6, 6.07) is 0. The van der Waals surface area contributed by atoms with Gasteiger partial charge in [0.05, 0.1) is 0 Å². The van der Waals surface area contributed by atoms with Crippen molar-refractivity contribution in [3.63, 3.8) is 0 Å². The van der Waals surface area contributed by atoms with Gasteiger partial charge < -0.3 is 0 Å². The van der Waals surface area contributed by atoms with Crippen LogP contribution in [0.15, 0.2) is 0 Å². The van der Waals surface area contributed by atoms with Crippen LogP contribution in [0.25, 0.3) is 21.9 Å². The lowest BCUT2D eigenvalue weighted by molar-refractivity contribution is -0.113. The Labute approximate surface area is 141 Å². The predicted octanol–water partition coefficient (Wildman–Crippen LogP) is 2.67. The molecule has 4 rings (SSSR count). The first-order valence-corrected chi connectivity index (χ1v) is 8.57. The number of aryl methyl sites for hydroxylation is 2. The molecule has 2 nitrogen and oxygen atoms in total.